The molecule has 0 saturated carbocycles. The molecule has 0 aromatic carbocycles. The van der Waals surface area contributed by atoms with Gasteiger partial charge < -0.3 is 11.1 Å². The summed E-state index contributed by atoms with van der Waals surface area (Å²) in [5.41, 5.74) is 6.34. The topological polar surface area (TPSA) is 97.8 Å². The molecule has 15 heavy (non-hydrogen) atoms. The van der Waals surface area contributed by atoms with Gasteiger partial charge in [-0.3, -0.25) is 16.1 Å². The van der Waals surface area contributed by atoms with Gasteiger partial charge in [0.05, 0.1) is 0 Å². The van der Waals surface area contributed by atoms with E-state index in [4.69, 9.17) is 16.6 Å². The van der Waals surface area contributed by atoms with E-state index in [1.54, 1.807) is 11.3 Å². The minimum Gasteiger partial charge on any atom is -0.370 e. The average Bonchev–Trinajstić information content (AvgIpc) is 2.50. The standard InChI is InChI=1S/C9H15N5S/c1-6-4-7(5-15-6)2-3-13-9(12)14-8(10)11/h4-5H,2-3H2,1H3,(H6,10,11,12,13,14). The minimum absolute atomic E-state index is 0.0643. The van der Waals surface area contributed by atoms with Crippen LogP contribution < -0.4 is 16.4 Å². The fourth-order valence-electron chi connectivity index (χ4n) is 1.14. The first-order valence-electron chi connectivity index (χ1n) is 4.55. The quantitative estimate of drug-likeness (QED) is 0.385. The zero-order valence-corrected chi connectivity index (χ0v) is 9.37. The molecule has 0 unspecified atom stereocenters. The molecule has 1 rings (SSSR count). The van der Waals surface area contributed by atoms with Gasteiger partial charge in [0, 0.05) is 11.4 Å². The summed E-state index contributed by atoms with van der Waals surface area (Å²) >= 11 is 1.72. The van der Waals surface area contributed by atoms with E-state index in [9.17, 15) is 0 Å². The largest absolute Gasteiger partial charge is 0.370 e. The molecule has 82 valence electrons. The van der Waals surface area contributed by atoms with E-state index in [1.165, 1.54) is 10.4 Å². The third kappa shape index (κ3) is 4.46. The van der Waals surface area contributed by atoms with Crippen LogP contribution in [0.25, 0.3) is 0 Å². The maximum atomic E-state index is 7.35. The lowest BCUT2D eigenvalue weighted by Crippen LogP contribution is -2.43. The van der Waals surface area contributed by atoms with Crippen molar-refractivity contribution in [2.75, 3.05) is 6.54 Å². The molecule has 0 spiro atoms. The van der Waals surface area contributed by atoms with Gasteiger partial charge >= 0.3 is 0 Å². The van der Waals surface area contributed by atoms with Crippen LogP contribution in [-0.2, 0) is 6.42 Å². The molecule has 5 nitrogen and oxygen atoms in total. The highest BCUT2D eigenvalue weighted by atomic mass is 32.1. The molecule has 0 aliphatic carbocycles. The van der Waals surface area contributed by atoms with Crippen molar-refractivity contribution in [1.29, 1.82) is 10.8 Å². The highest BCUT2D eigenvalue weighted by Gasteiger charge is 1.98. The van der Waals surface area contributed by atoms with Crippen LogP contribution in [0.15, 0.2) is 11.4 Å². The summed E-state index contributed by atoms with van der Waals surface area (Å²) in [6.07, 6.45) is 0.867. The molecule has 0 aliphatic rings. The Morgan fingerprint density at radius 3 is 2.80 bits per heavy atom. The van der Waals surface area contributed by atoms with Gasteiger partial charge in [-0.15, -0.1) is 11.3 Å². The third-order valence-electron chi connectivity index (χ3n) is 1.76. The van der Waals surface area contributed by atoms with E-state index < -0.39 is 0 Å². The Morgan fingerprint density at radius 2 is 2.27 bits per heavy atom. The highest BCUT2D eigenvalue weighted by molar-refractivity contribution is 7.10. The predicted molar refractivity (Wildman–Crippen MR) is 63.5 cm³/mol. The van der Waals surface area contributed by atoms with E-state index in [2.05, 4.69) is 29.0 Å². The van der Waals surface area contributed by atoms with Crippen molar-refractivity contribution in [1.82, 2.24) is 10.6 Å². The monoisotopic (exact) mass is 225 g/mol. The fourth-order valence-corrected chi connectivity index (χ4v) is 1.88. The molecular weight excluding hydrogens is 210 g/mol. The van der Waals surface area contributed by atoms with Crippen LogP contribution in [0, 0.1) is 17.7 Å². The van der Waals surface area contributed by atoms with Gasteiger partial charge in [0.25, 0.3) is 0 Å². The molecule has 0 fully saturated rings. The van der Waals surface area contributed by atoms with Gasteiger partial charge in [0.1, 0.15) is 0 Å². The lowest BCUT2D eigenvalue weighted by molar-refractivity contribution is 0.843. The normalized spacial score (nSPS) is 9.67. The van der Waals surface area contributed by atoms with Crippen LogP contribution in [0.4, 0.5) is 0 Å². The average molecular weight is 225 g/mol. The van der Waals surface area contributed by atoms with Crippen LogP contribution in [0.3, 0.4) is 0 Å². The van der Waals surface area contributed by atoms with E-state index in [0.717, 1.165) is 6.42 Å². The summed E-state index contributed by atoms with van der Waals surface area (Å²) in [6.45, 7) is 2.73. The number of hydrogen-bond donors (Lipinski definition) is 5. The Kier molecular flexibility index (Phi) is 4.11. The van der Waals surface area contributed by atoms with Crippen LogP contribution >= 0.6 is 11.3 Å². The second-order valence-electron chi connectivity index (χ2n) is 3.16. The van der Waals surface area contributed by atoms with E-state index >= 15 is 0 Å². The van der Waals surface area contributed by atoms with Gasteiger partial charge in [0.15, 0.2) is 11.9 Å². The van der Waals surface area contributed by atoms with Crippen molar-refractivity contribution in [3.05, 3.63) is 21.9 Å². The second-order valence-corrected chi connectivity index (χ2v) is 4.27. The first-order chi connectivity index (χ1) is 7.08. The summed E-state index contributed by atoms with van der Waals surface area (Å²) in [4.78, 5) is 1.29. The maximum absolute atomic E-state index is 7.35. The van der Waals surface area contributed by atoms with Crippen molar-refractivity contribution in [3.8, 4) is 0 Å². The van der Waals surface area contributed by atoms with E-state index in [0.29, 0.717) is 6.54 Å². The van der Waals surface area contributed by atoms with Gasteiger partial charge in [-0.1, -0.05) is 0 Å². The van der Waals surface area contributed by atoms with Crippen molar-refractivity contribution < 1.29 is 0 Å². The summed E-state index contributed by atoms with van der Waals surface area (Å²) in [5, 5.41) is 21.6. The van der Waals surface area contributed by atoms with Gasteiger partial charge in [0.2, 0.25) is 0 Å². The van der Waals surface area contributed by atoms with Crippen LogP contribution in [0.2, 0.25) is 0 Å². The summed E-state index contributed by atoms with van der Waals surface area (Å²) in [7, 11) is 0. The number of rotatable bonds is 3. The Morgan fingerprint density at radius 1 is 1.53 bits per heavy atom. The summed E-state index contributed by atoms with van der Waals surface area (Å²) < 4.78 is 0. The number of nitrogens with one attached hydrogen (secondary N) is 4. The van der Waals surface area contributed by atoms with Crippen LogP contribution in [0.1, 0.15) is 10.4 Å². The molecule has 1 heterocycles. The zero-order chi connectivity index (χ0) is 11.3. The van der Waals surface area contributed by atoms with Gasteiger partial charge in [-0.25, -0.2) is 0 Å². The van der Waals surface area contributed by atoms with Gasteiger partial charge in [-0.2, -0.15) is 0 Å². The Balaban J connectivity index is 2.22. The number of nitrogens with two attached hydrogens (primary N) is 1. The van der Waals surface area contributed by atoms with Gasteiger partial charge in [-0.05, 0) is 30.4 Å². The molecule has 0 saturated heterocycles. The Hall–Kier alpha value is -1.56. The minimum atomic E-state index is -0.223. The highest BCUT2D eigenvalue weighted by Crippen LogP contribution is 2.12. The molecule has 1 aromatic heterocycles. The van der Waals surface area contributed by atoms with Crippen molar-refractivity contribution in [2.24, 2.45) is 5.73 Å². The first kappa shape index (κ1) is 11.5. The Bertz CT molecular complexity index is 357. The molecular formula is C9H15N5S. The van der Waals surface area contributed by atoms with Crippen LogP contribution in [-0.4, -0.2) is 18.5 Å². The lowest BCUT2D eigenvalue weighted by Gasteiger charge is -2.07. The van der Waals surface area contributed by atoms with E-state index in [1.807, 2.05) is 0 Å². The maximum Gasteiger partial charge on any atom is 0.195 e. The number of thiophene rings is 1. The second kappa shape index (κ2) is 5.35. The first-order valence-corrected chi connectivity index (χ1v) is 5.43. The number of aryl methyl sites for hydroxylation is 1. The summed E-state index contributed by atoms with van der Waals surface area (Å²) in [6, 6.07) is 2.13. The molecule has 0 amide bonds. The Labute approximate surface area is 92.7 Å². The lowest BCUT2D eigenvalue weighted by atomic mass is 10.2. The molecule has 0 aliphatic heterocycles. The smallest absolute Gasteiger partial charge is 0.195 e. The van der Waals surface area contributed by atoms with Crippen molar-refractivity contribution in [2.45, 2.75) is 13.3 Å². The molecule has 0 bridgehead atoms. The molecule has 0 atom stereocenters. The van der Waals surface area contributed by atoms with E-state index in [-0.39, 0.29) is 11.9 Å². The number of guanidine groups is 2. The summed E-state index contributed by atoms with van der Waals surface area (Å²) in [5.74, 6) is -0.159. The van der Waals surface area contributed by atoms with Crippen molar-refractivity contribution in [3.63, 3.8) is 0 Å². The molecule has 0 radical (unpaired) electrons. The molecule has 1 aromatic rings. The zero-order valence-electron chi connectivity index (χ0n) is 8.55. The molecule has 6 heteroatoms. The molecule has 6 N–H and O–H groups in total. The predicted octanol–water partition coefficient (Wildman–Crippen LogP) is 0.606. The SMILES string of the molecule is Cc1cc(CCNC(=N)NC(=N)N)cs1. The van der Waals surface area contributed by atoms with Crippen LogP contribution in [0.5, 0.6) is 0 Å². The third-order valence-corrected chi connectivity index (χ3v) is 2.67. The number of hydrogen-bond acceptors (Lipinski definition) is 3. The van der Waals surface area contributed by atoms with Crippen molar-refractivity contribution >= 4 is 23.3 Å². The fraction of sp³-hybridized carbons (Fsp3) is 0.333.